The molecule has 0 aliphatic carbocycles. The Balaban J connectivity index is 4.16. The first-order valence-corrected chi connectivity index (χ1v) is 12.2. The van der Waals surface area contributed by atoms with Crippen molar-refractivity contribution in [3.05, 3.63) is 0 Å². The van der Waals surface area contributed by atoms with E-state index in [1.54, 1.807) is 0 Å². The van der Waals surface area contributed by atoms with Crippen LogP contribution >= 0.6 is 0 Å². The Labute approximate surface area is 97.6 Å². The van der Waals surface area contributed by atoms with E-state index in [9.17, 15) is 0 Å². The minimum atomic E-state index is -1.52. The maximum atomic E-state index is 6.05. The molecule has 4 heteroatoms. The number of hydrogen-bond donors (Lipinski definition) is 0. The van der Waals surface area contributed by atoms with Gasteiger partial charge in [0.05, 0.1) is 0 Å². The van der Waals surface area contributed by atoms with Crippen molar-refractivity contribution in [2.45, 2.75) is 65.2 Å². The lowest BCUT2D eigenvalue weighted by Gasteiger charge is -2.33. The molecule has 2 nitrogen and oxygen atoms in total. The van der Waals surface area contributed by atoms with Gasteiger partial charge in [-0.1, -0.05) is 6.92 Å². The zero-order valence-corrected chi connectivity index (χ0v) is 13.5. The molecule has 0 aromatic rings. The van der Waals surface area contributed by atoms with Gasteiger partial charge in [-0.3, -0.25) is 0 Å². The van der Waals surface area contributed by atoms with Crippen molar-refractivity contribution in [1.82, 2.24) is 0 Å². The van der Waals surface area contributed by atoms with Crippen LogP contribution in [-0.2, 0) is 8.85 Å². The molecular formula is C11H28O2Si2. The fourth-order valence-corrected chi connectivity index (χ4v) is 13.1. The lowest BCUT2D eigenvalue weighted by atomic mass is 10.5. The summed E-state index contributed by atoms with van der Waals surface area (Å²) >= 11 is 0. The molecule has 0 fully saturated rings. The third-order valence-electron chi connectivity index (χ3n) is 2.10. The summed E-state index contributed by atoms with van der Waals surface area (Å²) in [4.78, 5) is 0. The van der Waals surface area contributed by atoms with Gasteiger partial charge in [0.2, 0.25) is 0 Å². The monoisotopic (exact) mass is 248 g/mol. The molecule has 0 aromatic heterocycles. The summed E-state index contributed by atoms with van der Waals surface area (Å²) in [5.41, 5.74) is 1.19. The zero-order valence-electron chi connectivity index (χ0n) is 11.5. The molecule has 0 saturated heterocycles. The van der Waals surface area contributed by atoms with E-state index in [1.165, 1.54) is 5.67 Å². The first-order chi connectivity index (χ1) is 6.68. The number of hydrogen-bond acceptors (Lipinski definition) is 2. The molecule has 0 atom stereocenters. The van der Waals surface area contributed by atoms with Gasteiger partial charge in [0.15, 0.2) is 16.6 Å². The quantitative estimate of drug-likeness (QED) is 0.638. The molecule has 0 aliphatic rings. The van der Waals surface area contributed by atoms with Crippen LogP contribution < -0.4 is 0 Å². The molecule has 0 spiro atoms. The van der Waals surface area contributed by atoms with Crippen LogP contribution in [0.2, 0.25) is 31.9 Å². The van der Waals surface area contributed by atoms with Gasteiger partial charge in [-0.25, -0.2) is 0 Å². The van der Waals surface area contributed by atoms with Crippen LogP contribution in [0.4, 0.5) is 0 Å². The topological polar surface area (TPSA) is 18.5 Å². The second-order valence-electron chi connectivity index (χ2n) is 5.71. The Morgan fingerprint density at radius 1 is 1.00 bits per heavy atom. The fourth-order valence-electron chi connectivity index (χ4n) is 2.13. The molecule has 15 heavy (non-hydrogen) atoms. The lowest BCUT2D eigenvalue weighted by molar-refractivity contribution is 0.231. The van der Waals surface area contributed by atoms with Gasteiger partial charge >= 0.3 is 0 Å². The summed E-state index contributed by atoms with van der Waals surface area (Å²) in [5, 5.41) is 0. The van der Waals surface area contributed by atoms with Gasteiger partial charge in [0, 0.05) is 12.7 Å². The van der Waals surface area contributed by atoms with Crippen LogP contribution in [0.1, 0.15) is 27.2 Å². The largest absolute Gasteiger partial charge is 0.418 e. The van der Waals surface area contributed by atoms with E-state index in [2.05, 4.69) is 47.0 Å². The molecule has 0 N–H and O–H groups in total. The molecular weight excluding hydrogens is 220 g/mol. The summed E-state index contributed by atoms with van der Waals surface area (Å²) in [6.07, 6.45) is 1.46. The molecule has 0 rings (SSSR count). The summed E-state index contributed by atoms with van der Waals surface area (Å²) < 4.78 is 12.0. The lowest BCUT2D eigenvalue weighted by Crippen LogP contribution is -2.45. The highest BCUT2D eigenvalue weighted by molar-refractivity contribution is 6.89. The minimum Gasteiger partial charge on any atom is -0.418 e. The predicted octanol–water partition coefficient (Wildman–Crippen LogP) is 3.79. The van der Waals surface area contributed by atoms with E-state index >= 15 is 0 Å². The van der Waals surface area contributed by atoms with E-state index in [1.807, 2.05) is 0 Å². The first kappa shape index (κ1) is 15.4. The fraction of sp³-hybridized carbons (Fsp3) is 1.00. The van der Waals surface area contributed by atoms with Crippen molar-refractivity contribution in [3.63, 3.8) is 0 Å². The summed E-state index contributed by atoms with van der Waals surface area (Å²) in [7, 11) is -3.00. The first-order valence-electron chi connectivity index (χ1n) is 6.00. The van der Waals surface area contributed by atoms with Gasteiger partial charge in [-0.15, -0.1) is 0 Å². The maximum absolute atomic E-state index is 6.05. The van der Waals surface area contributed by atoms with Crippen LogP contribution in [0.15, 0.2) is 0 Å². The predicted molar refractivity (Wildman–Crippen MR) is 72.2 cm³/mol. The number of rotatable bonds is 7. The van der Waals surface area contributed by atoms with Crippen molar-refractivity contribution >= 4 is 16.6 Å². The van der Waals surface area contributed by atoms with Crippen LogP contribution in [0.25, 0.3) is 0 Å². The molecule has 0 heterocycles. The molecule has 0 radical (unpaired) electrons. The Hall–Kier alpha value is 0.354. The average Bonchev–Trinajstić information content (AvgIpc) is 1.95. The summed E-state index contributed by atoms with van der Waals surface area (Å²) in [6, 6.07) is 0. The molecule has 92 valence electrons. The van der Waals surface area contributed by atoms with E-state index in [0.29, 0.717) is 6.10 Å². The molecule has 0 bridgehead atoms. The van der Waals surface area contributed by atoms with Crippen molar-refractivity contribution < 1.29 is 8.85 Å². The Morgan fingerprint density at radius 3 is 1.93 bits per heavy atom. The molecule has 0 aliphatic heterocycles. The second kappa shape index (κ2) is 6.18. The van der Waals surface area contributed by atoms with Crippen molar-refractivity contribution in [3.8, 4) is 0 Å². The normalized spacial score (nSPS) is 13.6. The van der Waals surface area contributed by atoms with Gasteiger partial charge in [-0.05, 0) is 52.1 Å². The molecule has 0 aromatic carbocycles. The van der Waals surface area contributed by atoms with Crippen LogP contribution in [0.5, 0.6) is 0 Å². The van der Waals surface area contributed by atoms with Gasteiger partial charge in [-0.2, -0.15) is 0 Å². The highest BCUT2D eigenvalue weighted by Gasteiger charge is 2.35. The van der Waals surface area contributed by atoms with Gasteiger partial charge in [0.1, 0.15) is 0 Å². The highest BCUT2D eigenvalue weighted by atomic mass is 28.4. The maximum Gasteiger partial charge on any atom is 0.186 e. The van der Waals surface area contributed by atoms with Crippen molar-refractivity contribution in [2.24, 2.45) is 0 Å². The average molecular weight is 249 g/mol. The van der Waals surface area contributed by atoms with Crippen LogP contribution in [0.3, 0.4) is 0 Å². The summed E-state index contributed by atoms with van der Waals surface area (Å²) in [5.74, 6) is 0. The second-order valence-corrected chi connectivity index (χ2v) is 14.7. The van der Waals surface area contributed by atoms with Gasteiger partial charge < -0.3 is 8.85 Å². The molecule has 0 unspecified atom stereocenters. The highest BCUT2D eigenvalue weighted by Crippen LogP contribution is 2.23. The molecule has 0 saturated carbocycles. The Kier molecular flexibility index (Phi) is 6.32. The van der Waals surface area contributed by atoms with E-state index in [-0.39, 0.29) is 0 Å². The standard InChI is InChI=1S/C11H28O2Si2/c1-8-9-12-14(4,5)10-15(6,7)13-11(2)3/h11H,8-10H2,1-7H3. The van der Waals surface area contributed by atoms with Crippen molar-refractivity contribution in [2.75, 3.05) is 6.61 Å². The SMILES string of the molecule is CCCO[Si](C)(C)C[Si](C)(C)OC(C)C. The van der Waals surface area contributed by atoms with Crippen molar-refractivity contribution in [1.29, 1.82) is 0 Å². The Morgan fingerprint density at radius 2 is 1.53 bits per heavy atom. The molecule has 0 amide bonds. The van der Waals surface area contributed by atoms with E-state index in [0.717, 1.165) is 13.0 Å². The van der Waals surface area contributed by atoms with Gasteiger partial charge in [0.25, 0.3) is 0 Å². The summed E-state index contributed by atoms with van der Waals surface area (Å²) in [6.45, 7) is 16.5. The smallest absolute Gasteiger partial charge is 0.186 e. The minimum absolute atomic E-state index is 0.350. The Bertz CT molecular complexity index is 179. The van der Waals surface area contributed by atoms with E-state index in [4.69, 9.17) is 8.85 Å². The third-order valence-corrected chi connectivity index (χ3v) is 11.0. The van der Waals surface area contributed by atoms with Crippen LogP contribution in [-0.4, -0.2) is 29.3 Å². The van der Waals surface area contributed by atoms with Crippen LogP contribution in [0, 0.1) is 0 Å². The van der Waals surface area contributed by atoms with E-state index < -0.39 is 16.6 Å². The third kappa shape index (κ3) is 8.19. The zero-order chi connectivity index (χ0) is 12.1.